The van der Waals surface area contributed by atoms with Crippen LogP contribution in [0, 0.1) is 0 Å². The fourth-order valence-corrected chi connectivity index (χ4v) is 3.39. The van der Waals surface area contributed by atoms with Crippen LogP contribution in [0.5, 0.6) is 5.75 Å². The van der Waals surface area contributed by atoms with E-state index in [2.05, 4.69) is 42.0 Å². The zero-order valence-electron chi connectivity index (χ0n) is 20.2. The molecule has 2 aromatic carbocycles. The minimum atomic E-state index is -0.641. The van der Waals surface area contributed by atoms with Gasteiger partial charge < -0.3 is 15.0 Å². The molecule has 2 aromatic rings. The van der Waals surface area contributed by atoms with Gasteiger partial charge in [-0.2, -0.15) is 0 Å². The van der Waals surface area contributed by atoms with Crippen LogP contribution in [-0.4, -0.2) is 34.9 Å². The predicted molar refractivity (Wildman–Crippen MR) is 133 cm³/mol. The summed E-state index contributed by atoms with van der Waals surface area (Å²) in [6.07, 6.45) is 0. The smallest absolute Gasteiger partial charge is 0.261 e. The summed E-state index contributed by atoms with van der Waals surface area (Å²) in [7, 11) is 0. The van der Waals surface area contributed by atoms with Gasteiger partial charge in [-0.25, -0.2) is 0 Å². The molecule has 6 heteroatoms. The molecule has 32 heavy (non-hydrogen) atoms. The van der Waals surface area contributed by atoms with E-state index in [0.29, 0.717) is 12.3 Å². The molecule has 1 N–H and O–H groups in total. The monoisotopic (exact) mass is 502 g/mol. The second kappa shape index (κ2) is 10.5. The Bertz CT molecular complexity index is 910. The number of hydrogen-bond donors (Lipinski definition) is 1. The lowest BCUT2D eigenvalue weighted by molar-refractivity contribution is -0.142. The molecule has 174 valence electrons. The first-order valence-corrected chi connectivity index (χ1v) is 11.6. The molecular weight excluding hydrogens is 468 g/mol. The van der Waals surface area contributed by atoms with E-state index in [4.69, 9.17) is 4.74 Å². The SMILES string of the molecule is C[C@@H](C(=O)NC(C)(C)C)N(Cc1ccc(Br)cc1)C(=O)COc1ccc(C(C)(C)C)cc1. The van der Waals surface area contributed by atoms with Crippen LogP contribution in [-0.2, 0) is 21.5 Å². The predicted octanol–water partition coefficient (Wildman–Crippen LogP) is 5.46. The Balaban J connectivity index is 2.15. The highest BCUT2D eigenvalue weighted by atomic mass is 79.9. The summed E-state index contributed by atoms with van der Waals surface area (Å²) in [6.45, 7) is 14.1. The third-order valence-electron chi connectivity index (χ3n) is 5.01. The molecule has 0 aromatic heterocycles. The Morgan fingerprint density at radius 1 is 0.969 bits per heavy atom. The zero-order valence-corrected chi connectivity index (χ0v) is 21.7. The van der Waals surface area contributed by atoms with Gasteiger partial charge in [0.15, 0.2) is 6.61 Å². The Labute approximate surface area is 200 Å². The Morgan fingerprint density at radius 2 is 1.53 bits per heavy atom. The molecule has 0 spiro atoms. The number of carbonyl (C=O) groups excluding carboxylic acids is 2. The number of carbonyl (C=O) groups is 2. The van der Waals surface area contributed by atoms with E-state index >= 15 is 0 Å². The Hall–Kier alpha value is -2.34. The zero-order chi connectivity index (χ0) is 24.1. The lowest BCUT2D eigenvalue weighted by Crippen LogP contribution is -2.53. The van der Waals surface area contributed by atoms with Crippen LogP contribution < -0.4 is 10.1 Å². The fraction of sp³-hybridized carbons (Fsp3) is 0.462. The molecular formula is C26H35BrN2O3. The summed E-state index contributed by atoms with van der Waals surface area (Å²) < 4.78 is 6.73. The van der Waals surface area contributed by atoms with Crippen molar-refractivity contribution < 1.29 is 14.3 Å². The summed E-state index contributed by atoms with van der Waals surface area (Å²) in [5, 5.41) is 2.96. The van der Waals surface area contributed by atoms with Crippen LogP contribution in [0.15, 0.2) is 53.0 Å². The number of amides is 2. The molecule has 0 aliphatic heterocycles. The molecule has 5 nitrogen and oxygen atoms in total. The lowest BCUT2D eigenvalue weighted by Gasteiger charge is -2.31. The minimum absolute atomic E-state index is 0.0473. The van der Waals surface area contributed by atoms with Crippen molar-refractivity contribution in [2.45, 2.75) is 72.0 Å². The van der Waals surface area contributed by atoms with Crippen molar-refractivity contribution in [3.63, 3.8) is 0 Å². The van der Waals surface area contributed by atoms with Crippen molar-refractivity contribution in [3.05, 3.63) is 64.1 Å². The van der Waals surface area contributed by atoms with Crippen LogP contribution in [0.4, 0.5) is 0 Å². The van der Waals surface area contributed by atoms with Gasteiger partial charge in [0.25, 0.3) is 5.91 Å². The first-order valence-electron chi connectivity index (χ1n) is 10.9. The summed E-state index contributed by atoms with van der Waals surface area (Å²) in [6, 6.07) is 14.9. The van der Waals surface area contributed by atoms with Gasteiger partial charge in [-0.05, 0) is 68.5 Å². The van der Waals surface area contributed by atoms with Crippen molar-refractivity contribution in [1.82, 2.24) is 10.2 Å². The van der Waals surface area contributed by atoms with E-state index in [1.165, 1.54) is 5.56 Å². The number of nitrogens with one attached hydrogen (secondary N) is 1. The van der Waals surface area contributed by atoms with E-state index < -0.39 is 6.04 Å². The summed E-state index contributed by atoms with van der Waals surface area (Å²) >= 11 is 3.43. The molecule has 2 amide bonds. The largest absolute Gasteiger partial charge is 0.484 e. The van der Waals surface area contributed by atoms with Crippen molar-refractivity contribution in [2.75, 3.05) is 6.61 Å². The molecule has 0 bridgehead atoms. The molecule has 0 radical (unpaired) electrons. The van der Waals surface area contributed by atoms with Gasteiger partial charge in [-0.15, -0.1) is 0 Å². The normalized spacial score (nSPS) is 12.8. The minimum Gasteiger partial charge on any atom is -0.484 e. The molecule has 0 saturated carbocycles. The maximum atomic E-state index is 13.1. The van der Waals surface area contributed by atoms with Gasteiger partial charge in [0.1, 0.15) is 11.8 Å². The van der Waals surface area contributed by atoms with E-state index in [1.807, 2.05) is 69.3 Å². The molecule has 2 rings (SSSR count). The van der Waals surface area contributed by atoms with Gasteiger partial charge in [0.2, 0.25) is 5.91 Å². The fourth-order valence-electron chi connectivity index (χ4n) is 3.12. The first-order chi connectivity index (χ1) is 14.8. The van der Waals surface area contributed by atoms with E-state index in [-0.39, 0.29) is 29.4 Å². The Kier molecular flexibility index (Phi) is 8.52. The van der Waals surface area contributed by atoms with E-state index in [9.17, 15) is 9.59 Å². The third kappa shape index (κ3) is 7.97. The molecule has 0 aliphatic rings. The van der Waals surface area contributed by atoms with Crippen molar-refractivity contribution in [1.29, 1.82) is 0 Å². The van der Waals surface area contributed by atoms with Gasteiger partial charge in [0.05, 0.1) is 0 Å². The number of benzene rings is 2. The average Bonchev–Trinajstić information content (AvgIpc) is 2.69. The van der Waals surface area contributed by atoms with Crippen LogP contribution in [0.25, 0.3) is 0 Å². The number of rotatable bonds is 7. The van der Waals surface area contributed by atoms with Crippen LogP contribution in [0.2, 0.25) is 0 Å². The van der Waals surface area contributed by atoms with E-state index in [0.717, 1.165) is 10.0 Å². The lowest BCUT2D eigenvalue weighted by atomic mass is 9.87. The second-order valence-corrected chi connectivity index (χ2v) is 11.0. The maximum absolute atomic E-state index is 13.1. The van der Waals surface area contributed by atoms with Gasteiger partial charge in [0, 0.05) is 16.6 Å². The third-order valence-corrected chi connectivity index (χ3v) is 5.54. The number of ether oxygens (including phenoxy) is 1. The molecule has 1 atom stereocenters. The highest BCUT2D eigenvalue weighted by Gasteiger charge is 2.28. The molecule has 0 aliphatic carbocycles. The standard InChI is InChI=1S/C26H35BrN2O3/c1-18(24(31)28-26(5,6)7)29(16-19-8-12-21(27)13-9-19)23(30)17-32-22-14-10-20(11-15-22)25(2,3)4/h8-15,18H,16-17H2,1-7H3,(H,28,31)/t18-/m0/s1. The van der Waals surface area contributed by atoms with Crippen LogP contribution >= 0.6 is 15.9 Å². The van der Waals surface area contributed by atoms with Crippen LogP contribution in [0.1, 0.15) is 59.6 Å². The maximum Gasteiger partial charge on any atom is 0.261 e. The first kappa shape index (κ1) is 25.9. The van der Waals surface area contributed by atoms with Crippen molar-refractivity contribution in [3.8, 4) is 5.75 Å². The second-order valence-electron chi connectivity index (χ2n) is 10.1. The molecule has 0 fully saturated rings. The number of nitrogens with zero attached hydrogens (tertiary/aromatic N) is 1. The van der Waals surface area contributed by atoms with E-state index in [1.54, 1.807) is 11.8 Å². The highest BCUT2D eigenvalue weighted by Crippen LogP contribution is 2.24. The molecule has 0 unspecified atom stereocenters. The Morgan fingerprint density at radius 3 is 2.03 bits per heavy atom. The molecule has 0 saturated heterocycles. The van der Waals surface area contributed by atoms with Gasteiger partial charge >= 0.3 is 0 Å². The number of hydrogen-bond acceptors (Lipinski definition) is 3. The summed E-state index contributed by atoms with van der Waals surface area (Å²) in [4.78, 5) is 27.5. The molecule has 0 heterocycles. The topological polar surface area (TPSA) is 58.6 Å². The summed E-state index contributed by atoms with van der Waals surface area (Å²) in [5.74, 6) is 0.184. The van der Waals surface area contributed by atoms with Crippen molar-refractivity contribution >= 4 is 27.7 Å². The van der Waals surface area contributed by atoms with Gasteiger partial charge in [-0.1, -0.05) is 61.0 Å². The number of halogens is 1. The highest BCUT2D eigenvalue weighted by molar-refractivity contribution is 9.10. The van der Waals surface area contributed by atoms with Gasteiger partial charge in [-0.3, -0.25) is 9.59 Å². The summed E-state index contributed by atoms with van der Waals surface area (Å²) in [5.41, 5.74) is 1.79. The average molecular weight is 503 g/mol. The van der Waals surface area contributed by atoms with Crippen LogP contribution in [0.3, 0.4) is 0 Å². The quantitative estimate of drug-likeness (QED) is 0.546. The van der Waals surface area contributed by atoms with Crippen molar-refractivity contribution in [2.24, 2.45) is 0 Å².